The van der Waals surface area contributed by atoms with Crippen LogP contribution in [0, 0.1) is 17.8 Å². The lowest BCUT2D eigenvalue weighted by atomic mass is 9.68. The van der Waals surface area contributed by atoms with Gasteiger partial charge in [-0.05, 0) is 111 Å². The van der Waals surface area contributed by atoms with E-state index in [1.165, 1.54) is 11.1 Å². The molecule has 232 valence electrons. The third-order valence-electron chi connectivity index (χ3n) is 10.1. The van der Waals surface area contributed by atoms with Crippen LogP contribution in [-0.4, -0.2) is 50.5 Å². The Morgan fingerprint density at radius 3 is 2.77 bits per heavy atom. The molecule has 2 aliphatic heterocycles. The number of nitrogens with one attached hydrogen (secondary N) is 1. The van der Waals surface area contributed by atoms with E-state index < -0.39 is 27.3 Å². The zero-order valence-electron chi connectivity index (χ0n) is 25.1. The number of nitrogens with zero attached hydrogens (tertiary/aromatic N) is 1. The Hall–Kier alpha value is -2.55. The van der Waals surface area contributed by atoms with Gasteiger partial charge in [-0.1, -0.05) is 43.7 Å². The SMILES string of the molecule is CC(C)C[C@@H]1CC/C=C/[C@H](O)[C@@H]2CC[C@H]2CN2C[C@@]3(CCCc4cc(Cl)ccc43)COc3ccc(cc32)C(=O)NS1(=O)=O. The van der Waals surface area contributed by atoms with Gasteiger partial charge in [0, 0.05) is 29.1 Å². The van der Waals surface area contributed by atoms with Crippen molar-refractivity contribution in [3.63, 3.8) is 0 Å². The number of carbonyl (C=O) groups excluding carboxylic acids is 1. The van der Waals surface area contributed by atoms with Crippen molar-refractivity contribution in [1.29, 1.82) is 0 Å². The van der Waals surface area contributed by atoms with Crippen LogP contribution in [0.5, 0.6) is 5.75 Å². The first-order chi connectivity index (χ1) is 20.5. The van der Waals surface area contributed by atoms with Crippen molar-refractivity contribution in [2.24, 2.45) is 17.8 Å². The Morgan fingerprint density at radius 2 is 2.00 bits per heavy atom. The van der Waals surface area contributed by atoms with Crippen LogP contribution in [-0.2, 0) is 21.9 Å². The molecule has 0 unspecified atom stereocenters. The van der Waals surface area contributed by atoms with Gasteiger partial charge in [0.2, 0.25) is 10.0 Å². The monoisotopic (exact) mass is 626 g/mol. The third kappa shape index (κ3) is 6.20. The molecule has 1 amide bonds. The lowest BCUT2D eigenvalue weighted by molar-refractivity contribution is 0.0456. The number of rotatable bonds is 2. The minimum Gasteiger partial charge on any atom is -0.490 e. The lowest BCUT2D eigenvalue weighted by Gasteiger charge is -2.45. The maximum Gasteiger partial charge on any atom is 0.264 e. The fourth-order valence-electron chi connectivity index (χ4n) is 7.67. The molecule has 6 rings (SSSR count). The molecule has 2 bridgehead atoms. The number of allylic oxidation sites excluding steroid dienone is 1. The molecule has 0 aromatic heterocycles. The van der Waals surface area contributed by atoms with Gasteiger partial charge in [-0.3, -0.25) is 4.79 Å². The van der Waals surface area contributed by atoms with E-state index in [4.69, 9.17) is 16.3 Å². The average molecular weight is 627 g/mol. The largest absolute Gasteiger partial charge is 0.490 e. The Kier molecular flexibility index (Phi) is 8.57. The highest BCUT2D eigenvalue weighted by Gasteiger charge is 2.44. The van der Waals surface area contributed by atoms with E-state index in [2.05, 4.69) is 21.8 Å². The number of aliphatic hydroxyl groups is 1. The number of ether oxygens (including phenoxy) is 1. The molecule has 4 aliphatic rings. The van der Waals surface area contributed by atoms with Gasteiger partial charge in [0.1, 0.15) is 5.75 Å². The van der Waals surface area contributed by atoms with E-state index in [-0.39, 0.29) is 23.2 Å². The van der Waals surface area contributed by atoms with Gasteiger partial charge >= 0.3 is 0 Å². The summed E-state index contributed by atoms with van der Waals surface area (Å²) in [5, 5.41) is 11.2. The Morgan fingerprint density at radius 1 is 1.16 bits per heavy atom. The second kappa shape index (κ2) is 12.1. The first kappa shape index (κ1) is 30.5. The number of fused-ring (bicyclic) bond motifs is 4. The minimum absolute atomic E-state index is 0.131. The summed E-state index contributed by atoms with van der Waals surface area (Å²) in [4.78, 5) is 15.8. The second-order valence-corrected chi connectivity index (χ2v) is 15.9. The summed E-state index contributed by atoms with van der Waals surface area (Å²) in [5.41, 5.74) is 3.35. The number of anilines is 1. The van der Waals surface area contributed by atoms with E-state index in [0.717, 1.165) is 49.4 Å². The number of halogens is 1. The molecular weight excluding hydrogens is 584 g/mol. The van der Waals surface area contributed by atoms with Crippen molar-refractivity contribution >= 4 is 33.2 Å². The van der Waals surface area contributed by atoms with Crippen LogP contribution in [0.25, 0.3) is 0 Å². The summed E-state index contributed by atoms with van der Waals surface area (Å²) in [6, 6.07) is 11.4. The van der Waals surface area contributed by atoms with E-state index in [0.29, 0.717) is 43.7 Å². The minimum atomic E-state index is -3.92. The average Bonchev–Trinajstić information content (AvgIpc) is 3.08. The van der Waals surface area contributed by atoms with Crippen molar-refractivity contribution < 1.29 is 23.1 Å². The van der Waals surface area contributed by atoms with Gasteiger partial charge < -0.3 is 14.7 Å². The van der Waals surface area contributed by atoms with Crippen molar-refractivity contribution in [2.45, 2.75) is 82.0 Å². The molecule has 2 heterocycles. The van der Waals surface area contributed by atoms with Gasteiger partial charge in [0.15, 0.2) is 0 Å². The normalized spacial score (nSPS) is 31.2. The van der Waals surface area contributed by atoms with E-state index in [9.17, 15) is 18.3 Å². The number of carbonyl (C=O) groups is 1. The summed E-state index contributed by atoms with van der Waals surface area (Å²) in [5.74, 6) is 0.640. The Bertz CT molecular complexity index is 1510. The van der Waals surface area contributed by atoms with E-state index in [1.807, 2.05) is 32.1 Å². The number of hydrogen-bond acceptors (Lipinski definition) is 6. The van der Waals surface area contributed by atoms with E-state index in [1.54, 1.807) is 18.2 Å². The Balaban J connectivity index is 1.41. The van der Waals surface area contributed by atoms with Gasteiger partial charge in [0.05, 0.1) is 23.6 Å². The Labute approximate surface area is 260 Å². The van der Waals surface area contributed by atoms with Crippen LogP contribution in [0.4, 0.5) is 5.69 Å². The molecule has 1 saturated carbocycles. The third-order valence-corrected chi connectivity index (χ3v) is 12.1. The van der Waals surface area contributed by atoms with Gasteiger partial charge in [0.25, 0.3) is 5.91 Å². The summed E-state index contributed by atoms with van der Waals surface area (Å²) in [6.45, 7) is 5.89. The summed E-state index contributed by atoms with van der Waals surface area (Å²) in [7, 11) is -3.92. The first-order valence-corrected chi connectivity index (χ1v) is 17.7. The molecular formula is C34H43ClN2O5S. The van der Waals surface area contributed by atoms with Crippen molar-refractivity contribution in [2.75, 3.05) is 24.6 Å². The number of hydrogen-bond donors (Lipinski definition) is 2. The molecule has 2 aromatic carbocycles. The topological polar surface area (TPSA) is 95.9 Å². The lowest BCUT2D eigenvalue weighted by Crippen LogP contribution is -2.49. The fraction of sp³-hybridized carbons (Fsp3) is 0.559. The number of aliphatic hydroxyl groups excluding tert-OH is 1. The number of benzene rings is 2. The highest BCUT2D eigenvalue weighted by molar-refractivity contribution is 7.90. The fourth-order valence-corrected chi connectivity index (χ4v) is 9.49. The van der Waals surface area contributed by atoms with Gasteiger partial charge in [-0.15, -0.1) is 0 Å². The molecule has 5 atom stereocenters. The standard InChI is InChI=1S/C34H43ClN2O5S/c1-22(2)16-27-7-3-4-8-31(38)28-12-9-25(28)19-37-20-34(15-5-6-23-17-26(35)11-13-29(23)34)21-42-32-14-10-24(18-30(32)37)33(39)36-43(27,40)41/h4,8,10-11,13-14,17-18,22,25,27-28,31,38H,3,5-7,9,12,15-16,19-21H2,1-2H3,(H,36,39)/b8-4+/t25-,27-,28+,31-,34-/m0/s1. The number of amides is 1. The quantitative estimate of drug-likeness (QED) is 0.396. The summed E-state index contributed by atoms with van der Waals surface area (Å²) in [6.07, 6.45) is 9.49. The summed E-state index contributed by atoms with van der Waals surface area (Å²) < 4.78 is 35.8. The highest BCUT2D eigenvalue weighted by atomic mass is 35.5. The molecule has 2 aromatic rings. The second-order valence-electron chi connectivity index (χ2n) is 13.5. The van der Waals surface area contributed by atoms with Crippen LogP contribution in [0.2, 0.25) is 5.02 Å². The van der Waals surface area contributed by atoms with Crippen LogP contribution in [0.1, 0.15) is 80.3 Å². The molecule has 2 aliphatic carbocycles. The van der Waals surface area contributed by atoms with Crippen LogP contribution >= 0.6 is 11.6 Å². The van der Waals surface area contributed by atoms with Crippen LogP contribution < -0.4 is 14.4 Å². The zero-order chi connectivity index (χ0) is 30.4. The maximum atomic E-state index is 13.5. The van der Waals surface area contributed by atoms with Gasteiger partial charge in [-0.25, -0.2) is 13.1 Å². The predicted molar refractivity (Wildman–Crippen MR) is 170 cm³/mol. The zero-order valence-corrected chi connectivity index (χ0v) is 26.7. The molecule has 1 spiro atoms. The first-order valence-electron chi connectivity index (χ1n) is 15.8. The van der Waals surface area contributed by atoms with Crippen molar-refractivity contribution in [1.82, 2.24) is 4.72 Å². The molecule has 0 radical (unpaired) electrons. The highest BCUT2D eigenvalue weighted by Crippen LogP contribution is 2.46. The molecule has 1 fully saturated rings. The van der Waals surface area contributed by atoms with Crippen LogP contribution in [0.3, 0.4) is 0 Å². The predicted octanol–water partition coefficient (Wildman–Crippen LogP) is 6.02. The van der Waals surface area contributed by atoms with Crippen LogP contribution in [0.15, 0.2) is 48.6 Å². The number of sulfonamides is 1. The smallest absolute Gasteiger partial charge is 0.264 e. The maximum absolute atomic E-state index is 13.5. The van der Waals surface area contributed by atoms with E-state index >= 15 is 0 Å². The molecule has 2 N–H and O–H groups in total. The molecule has 7 nitrogen and oxygen atoms in total. The van der Waals surface area contributed by atoms with Gasteiger partial charge in [-0.2, -0.15) is 0 Å². The van der Waals surface area contributed by atoms with Crippen molar-refractivity contribution in [3.8, 4) is 5.75 Å². The molecule has 9 heteroatoms. The molecule has 43 heavy (non-hydrogen) atoms. The van der Waals surface area contributed by atoms with Crippen molar-refractivity contribution in [3.05, 3.63) is 70.3 Å². The molecule has 0 saturated heterocycles. The summed E-state index contributed by atoms with van der Waals surface area (Å²) >= 11 is 6.39. The number of aryl methyl sites for hydroxylation is 1.